The Kier molecular flexibility index (Phi) is 2.39. The summed E-state index contributed by atoms with van der Waals surface area (Å²) in [6.45, 7) is 0. The summed E-state index contributed by atoms with van der Waals surface area (Å²) < 4.78 is 4.77. The number of phenols is 1. The van der Waals surface area contributed by atoms with Crippen LogP contribution in [0.2, 0.25) is 0 Å². The van der Waals surface area contributed by atoms with Crippen molar-refractivity contribution >= 4 is 5.97 Å². The first kappa shape index (κ1) is 10.0. The van der Waals surface area contributed by atoms with Crippen molar-refractivity contribution in [3.05, 3.63) is 29.8 Å². The number of carbonyl (C=O) groups is 1. The molecule has 1 aliphatic carbocycles. The van der Waals surface area contributed by atoms with E-state index in [0.29, 0.717) is 6.42 Å². The molecule has 0 unspecified atom stereocenters. The van der Waals surface area contributed by atoms with Crippen molar-refractivity contribution in [1.29, 1.82) is 0 Å². The summed E-state index contributed by atoms with van der Waals surface area (Å²) in [7, 11) is 1.41. The predicted molar refractivity (Wildman–Crippen MR) is 55.5 cm³/mol. The van der Waals surface area contributed by atoms with Crippen LogP contribution in [0, 0.1) is 5.41 Å². The third kappa shape index (κ3) is 1.82. The van der Waals surface area contributed by atoms with Crippen LogP contribution in [0.5, 0.6) is 5.75 Å². The van der Waals surface area contributed by atoms with Gasteiger partial charge in [0.15, 0.2) is 0 Å². The normalized spacial score (nSPS) is 17.1. The van der Waals surface area contributed by atoms with E-state index in [1.54, 1.807) is 12.1 Å². The average Bonchev–Trinajstić information content (AvgIpc) is 3.01. The fourth-order valence-electron chi connectivity index (χ4n) is 1.85. The lowest BCUT2D eigenvalue weighted by Gasteiger charge is -2.13. The van der Waals surface area contributed by atoms with E-state index in [0.717, 1.165) is 18.4 Å². The van der Waals surface area contributed by atoms with E-state index in [1.165, 1.54) is 7.11 Å². The van der Waals surface area contributed by atoms with E-state index in [2.05, 4.69) is 0 Å². The van der Waals surface area contributed by atoms with Crippen LogP contribution in [-0.4, -0.2) is 18.2 Å². The number of esters is 1. The first-order valence-electron chi connectivity index (χ1n) is 5.03. The van der Waals surface area contributed by atoms with Crippen LogP contribution in [0.1, 0.15) is 18.4 Å². The van der Waals surface area contributed by atoms with Crippen molar-refractivity contribution < 1.29 is 14.6 Å². The smallest absolute Gasteiger partial charge is 0.312 e. The monoisotopic (exact) mass is 206 g/mol. The molecular weight excluding hydrogens is 192 g/mol. The Morgan fingerprint density at radius 3 is 2.67 bits per heavy atom. The Bertz CT molecular complexity index is 380. The molecule has 0 bridgehead atoms. The van der Waals surface area contributed by atoms with Gasteiger partial charge in [0.05, 0.1) is 12.5 Å². The lowest BCUT2D eigenvalue weighted by Crippen LogP contribution is -2.19. The van der Waals surface area contributed by atoms with Crippen molar-refractivity contribution in [2.75, 3.05) is 7.11 Å². The first-order valence-corrected chi connectivity index (χ1v) is 5.03. The van der Waals surface area contributed by atoms with Crippen LogP contribution in [0.25, 0.3) is 0 Å². The number of carbonyl (C=O) groups excluding carboxylic acids is 1. The summed E-state index contributed by atoms with van der Waals surface area (Å²) in [5, 5.41) is 9.60. The largest absolute Gasteiger partial charge is 0.508 e. The molecule has 1 N–H and O–H groups in total. The number of phenolic OH excluding ortho intramolecular Hbond substituents is 1. The number of aromatic hydroxyl groups is 1. The molecule has 1 aliphatic rings. The predicted octanol–water partition coefficient (Wildman–Crippen LogP) is 1.89. The van der Waals surface area contributed by atoms with Gasteiger partial charge in [-0.15, -0.1) is 0 Å². The van der Waals surface area contributed by atoms with E-state index in [4.69, 9.17) is 4.74 Å². The lowest BCUT2D eigenvalue weighted by molar-refractivity contribution is -0.147. The highest BCUT2D eigenvalue weighted by molar-refractivity contribution is 5.80. The lowest BCUT2D eigenvalue weighted by atomic mass is 9.96. The summed E-state index contributed by atoms with van der Waals surface area (Å²) in [6, 6.07) is 7.12. The topological polar surface area (TPSA) is 46.5 Å². The number of ether oxygens (including phenoxy) is 1. The molecule has 3 nitrogen and oxygen atoms in total. The third-order valence-electron chi connectivity index (χ3n) is 2.99. The fraction of sp³-hybridized carbons (Fsp3) is 0.417. The van der Waals surface area contributed by atoms with E-state index in [9.17, 15) is 9.90 Å². The number of hydrogen-bond donors (Lipinski definition) is 1. The van der Waals surface area contributed by atoms with Crippen molar-refractivity contribution in [2.24, 2.45) is 5.41 Å². The Morgan fingerprint density at radius 2 is 2.13 bits per heavy atom. The molecule has 15 heavy (non-hydrogen) atoms. The molecular formula is C12H14O3. The summed E-state index contributed by atoms with van der Waals surface area (Å²) >= 11 is 0. The van der Waals surface area contributed by atoms with Gasteiger partial charge < -0.3 is 9.84 Å². The van der Waals surface area contributed by atoms with Crippen molar-refractivity contribution in [3.63, 3.8) is 0 Å². The van der Waals surface area contributed by atoms with E-state index in [-0.39, 0.29) is 17.1 Å². The van der Waals surface area contributed by atoms with E-state index in [1.807, 2.05) is 12.1 Å². The van der Waals surface area contributed by atoms with Crippen LogP contribution >= 0.6 is 0 Å². The highest BCUT2D eigenvalue weighted by Crippen LogP contribution is 2.50. The molecule has 3 heteroatoms. The summed E-state index contributed by atoms with van der Waals surface area (Å²) in [5.74, 6) is 0.0958. The third-order valence-corrected chi connectivity index (χ3v) is 2.99. The zero-order valence-electron chi connectivity index (χ0n) is 8.69. The Morgan fingerprint density at radius 1 is 1.47 bits per heavy atom. The Balaban J connectivity index is 2.16. The van der Waals surface area contributed by atoms with Gasteiger partial charge in [0.2, 0.25) is 0 Å². The second kappa shape index (κ2) is 3.57. The van der Waals surface area contributed by atoms with Gasteiger partial charge in [-0.1, -0.05) is 18.2 Å². The molecule has 0 radical (unpaired) electrons. The number of para-hydroxylation sites is 1. The highest BCUT2D eigenvalue weighted by Gasteiger charge is 2.51. The number of hydrogen-bond acceptors (Lipinski definition) is 3. The molecule has 0 aromatic heterocycles. The highest BCUT2D eigenvalue weighted by atomic mass is 16.5. The molecule has 0 spiro atoms. The van der Waals surface area contributed by atoms with Gasteiger partial charge in [-0.2, -0.15) is 0 Å². The van der Waals surface area contributed by atoms with Gasteiger partial charge in [-0.3, -0.25) is 4.79 Å². The van der Waals surface area contributed by atoms with Crippen LogP contribution in [0.3, 0.4) is 0 Å². The maximum atomic E-state index is 11.5. The van der Waals surface area contributed by atoms with Gasteiger partial charge >= 0.3 is 5.97 Å². The molecule has 1 aromatic rings. The minimum absolute atomic E-state index is 0.161. The molecule has 0 heterocycles. The van der Waals surface area contributed by atoms with E-state index >= 15 is 0 Å². The van der Waals surface area contributed by atoms with Gasteiger partial charge in [0, 0.05) is 0 Å². The SMILES string of the molecule is COC(=O)C1(Cc2ccccc2O)CC1. The average molecular weight is 206 g/mol. The summed E-state index contributed by atoms with van der Waals surface area (Å²) in [4.78, 5) is 11.5. The van der Waals surface area contributed by atoms with Crippen molar-refractivity contribution in [1.82, 2.24) is 0 Å². The van der Waals surface area contributed by atoms with E-state index < -0.39 is 0 Å². The van der Waals surface area contributed by atoms with Gasteiger partial charge in [0.25, 0.3) is 0 Å². The number of benzene rings is 1. The van der Waals surface area contributed by atoms with Crippen molar-refractivity contribution in [2.45, 2.75) is 19.3 Å². The molecule has 0 atom stereocenters. The quantitative estimate of drug-likeness (QED) is 0.768. The molecule has 0 amide bonds. The number of methoxy groups -OCH3 is 1. The van der Waals surface area contributed by atoms with Crippen LogP contribution < -0.4 is 0 Å². The fourth-order valence-corrected chi connectivity index (χ4v) is 1.85. The minimum atomic E-state index is -0.367. The molecule has 80 valence electrons. The molecule has 0 saturated heterocycles. The van der Waals surface area contributed by atoms with Crippen LogP contribution in [-0.2, 0) is 16.0 Å². The van der Waals surface area contributed by atoms with Crippen LogP contribution in [0.15, 0.2) is 24.3 Å². The Labute approximate surface area is 88.7 Å². The molecule has 1 saturated carbocycles. The molecule has 0 aliphatic heterocycles. The second-order valence-corrected chi connectivity index (χ2v) is 4.08. The zero-order chi connectivity index (χ0) is 10.9. The molecule has 1 fully saturated rings. The summed E-state index contributed by atoms with van der Waals surface area (Å²) in [6.07, 6.45) is 2.29. The van der Waals surface area contributed by atoms with Gasteiger partial charge in [0.1, 0.15) is 5.75 Å². The second-order valence-electron chi connectivity index (χ2n) is 4.08. The molecule has 2 rings (SSSR count). The van der Waals surface area contributed by atoms with Gasteiger partial charge in [-0.25, -0.2) is 0 Å². The maximum Gasteiger partial charge on any atom is 0.312 e. The maximum absolute atomic E-state index is 11.5. The first-order chi connectivity index (χ1) is 7.18. The molecule has 1 aromatic carbocycles. The minimum Gasteiger partial charge on any atom is -0.508 e. The standard InChI is InChI=1S/C12H14O3/c1-15-11(14)12(6-7-12)8-9-4-2-3-5-10(9)13/h2-5,13H,6-8H2,1H3. The van der Waals surface area contributed by atoms with Crippen LogP contribution in [0.4, 0.5) is 0 Å². The number of rotatable bonds is 3. The summed E-state index contributed by atoms with van der Waals surface area (Å²) in [5.41, 5.74) is 0.452. The zero-order valence-corrected chi connectivity index (χ0v) is 8.69. The van der Waals surface area contributed by atoms with Gasteiger partial charge in [-0.05, 0) is 30.9 Å². The van der Waals surface area contributed by atoms with Crippen molar-refractivity contribution in [3.8, 4) is 5.75 Å². The Hall–Kier alpha value is -1.51.